The van der Waals surface area contributed by atoms with Gasteiger partial charge in [-0.15, -0.1) is 11.3 Å². The van der Waals surface area contributed by atoms with Gasteiger partial charge in [-0.25, -0.2) is 0 Å². The first-order valence-electron chi connectivity index (χ1n) is 5.04. The average Bonchev–Trinajstić information content (AvgIpc) is 2.26. The third-order valence-electron chi connectivity index (χ3n) is 2.16. The molecule has 1 rings (SSSR count). The molecule has 0 radical (unpaired) electrons. The molecule has 3 heteroatoms. The Morgan fingerprint density at radius 3 is 1.13 bits per heavy atom. The summed E-state index contributed by atoms with van der Waals surface area (Å²) in [4.78, 5) is 3.05. The molecule has 0 bridgehead atoms. The Labute approximate surface area is 125 Å². The van der Waals surface area contributed by atoms with Crippen molar-refractivity contribution in [2.45, 2.75) is 52.4 Å². The zero-order valence-electron chi connectivity index (χ0n) is 10.2. The van der Waals surface area contributed by atoms with Crippen LogP contribution in [0.2, 0.25) is 0 Å². The van der Waals surface area contributed by atoms with E-state index in [1.165, 1.54) is 16.9 Å². The highest BCUT2D eigenvalue weighted by Crippen LogP contribution is 2.43. The van der Waals surface area contributed by atoms with Gasteiger partial charge in [0.1, 0.15) is 0 Å². The van der Waals surface area contributed by atoms with E-state index in [-0.39, 0.29) is 10.8 Å². The monoisotopic (exact) mass is 448 g/mol. The van der Waals surface area contributed by atoms with Crippen LogP contribution in [-0.4, -0.2) is 0 Å². The molecule has 86 valence electrons. The van der Waals surface area contributed by atoms with Crippen LogP contribution >= 0.6 is 56.5 Å². The summed E-state index contributed by atoms with van der Waals surface area (Å²) in [7, 11) is 0. The van der Waals surface area contributed by atoms with Gasteiger partial charge >= 0.3 is 0 Å². The van der Waals surface area contributed by atoms with Crippen LogP contribution in [0.4, 0.5) is 0 Å². The van der Waals surface area contributed by atoms with Crippen LogP contribution in [0.15, 0.2) is 0 Å². The first-order valence-corrected chi connectivity index (χ1v) is 8.01. The smallest absolute Gasteiger partial charge is 0.0411 e. The van der Waals surface area contributed by atoms with E-state index in [0.717, 1.165) is 0 Å². The predicted molar refractivity (Wildman–Crippen MR) is 87.2 cm³/mol. The minimum absolute atomic E-state index is 0.268. The van der Waals surface area contributed by atoms with E-state index in [1.807, 2.05) is 11.3 Å². The lowest BCUT2D eigenvalue weighted by atomic mass is 9.93. The highest BCUT2D eigenvalue weighted by molar-refractivity contribution is 14.1. The predicted octanol–water partition coefficient (Wildman–Crippen LogP) is 5.55. The summed E-state index contributed by atoms with van der Waals surface area (Å²) >= 11 is 6.97. The molecule has 1 aromatic heterocycles. The SMILES string of the molecule is CC(C)(C)c1sc(C(C)(C)C)c(I)c1I. The van der Waals surface area contributed by atoms with Crippen molar-refractivity contribution in [3.63, 3.8) is 0 Å². The summed E-state index contributed by atoms with van der Waals surface area (Å²) in [6.45, 7) is 13.8. The van der Waals surface area contributed by atoms with Gasteiger partial charge in [0.2, 0.25) is 0 Å². The quantitative estimate of drug-likeness (QED) is 0.457. The fraction of sp³-hybridized carbons (Fsp3) is 0.667. The molecule has 0 aliphatic carbocycles. The molecular weight excluding hydrogens is 430 g/mol. The van der Waals surface area contributed by atoms with Crippen LogP contribution in [0.3, 0.4) is 0 Å². The van der Waals surface area contributed by atoms with E-state index in [1.54, 1.807) is 0 Å². The summed E-state index contributed by atoms with van der Waals surface area (Å²) in [5.41, 5.74) is 0.537. The van der Waals surface area contributed by atoms with Crippen molar-refractivity contribution in [3.05, 3.63) is 16.9 Å². The van der Waals surface area contributed by atoms with Crippen molar-refractivity contribution in [3.8, 4) is 0 Å². The molecule has 0 unspecified atom stereocenters. The molecule has 0 aliphatic heterocycles. The number of halogens is 2. The van der Waals surface area contributed by atoms with Crippen molar-refractivity contribution < 1.29 is 0 Å². The molecule has 0 aliphatic rings. The van der Waals surface area contributed by atoms with Gasteiger partial charge in [-0.3, -0.25) is 0 Å². The molecule has 0 nitrogen and oxygen atoms in total. The van der Waals surface area contributed by atoms with E-state index in [0.29, 0.717) is 0 Å². The molecule has 1 aromatic rings. The summed E-state index contributed by atoms with van der Waals surface area (Å²) in [5, 5.41) is 0. The Hall–Kier alpha value is 1.16. The Kier molecular flexibility index (Phi) is 4.21. The first kappa shape index (κ1) is 14.2. The Bertz CT molecular complexity index is 330. The van der Waals surface area contributed by atoms with Gasteiger partial charge in [-0.1, -0.05) is 41.5 Å². The van der Waals surface area contributed by atoms with Gasteiger partial charge in [0.05, 0.1) is 0 Å². The molecule has 0 N–H and O–H groups in total. The molecule has 0 fully saturated rings. The normalized spacial score (nSPS) is 13.3. The summed E-state index contributed by atoms with van der Waals surface area (Å²) in [6, 6.07) is 0. The van der Waals surface area contributed by atoms with Gasteiger partial charge in [0.15, 0.2) is 0 Å². The molecule has 15 heavy (non-hydrogen) atoms. The second kappa shape index (κ2) is 4.44. The van der Waals surface area contributed by atoms with E-state index < -0.39 is 0 Å². The molecule has 0 aromatic carbocycles. The van der Waals surface area contributed by atoms with Crippen LogP contribution in [0.1, 0.15) is 51.3 Å². The first-order chi connectivity index (χ1) is 6.55. The van der Waals surface area contributed by atoms with Crippen LogP contribution < -0.4 is 0 Å². The fourth-order valence-corrected chi connectivity index (χ4v) is 5.74. The summed E-state index contributed by atoms with van der Waals surface area (Å²) < 4.78 is 2.91. The minimum Gasteiger partial charge on any atom is -0.142 e. The molecule has 1 heterocycles. The molecule has 0 saturated carbocycles. The molecule has 0 spiro atoms. The maximum absolute atomic E-state index is 2.49. The fourth-order valence-electron chi connectivity index (χ4n) is 1.36. The van der Waals surface area contributed by atoms with Gasteiger partial charge in [0.25, 0.3) is 0 Å². The maximum atomic E-state index is 2.49. The van der Waals surface area contributed by atoms with E-state index in [2.05, 4.69) is 86.7 Å². The molecular formula is C12H18I2S. The van der Waals surface area contributed by atoms with Gasteiger partial charge < -0.3 is 0 Å². The van der Waals surface area contributed by atoms with E-state index >= 15 is 0 Å². The van der Waals surface area contributed by atoms with Crippen molar-refractivity contribution in [1.29, 1.82) is 0 Å². The van der Waals surface area contributed by atoms with Gasteiger partial charge in [-0.05, 0) is 56.0 Å². The van der Waals surface area contributed by atoms with Gasteiger partial charge in [0, 0.05) is 16.9 Å². The molecule has 0 atom stereocenters. The number of thiophene rings is 1. The zero-order valence-corrected chi connectivity index (χ0v) is 15.3. The van der Waals surface area contributed by atoms with Crippen LogP contribution in [0, 0.1) is 7.14 Å². The summed E-state index contributed by atoms with van der Waals surface area (Å²) in [6.07, 6.45) is 0. The highest BCUT2D eigenvalue weighted by atomic mass is 127. The van der Waals surface area contributed by atoms with Crippen molar-refractivity contribution >= 4 is 56.5 Å². The van der Waals surface area contributed by atoms with E-state index in [4.69, 9.17) is 0 Å². The zero-order chi connectivity index (χ0) is 12.0. The topological polar surface area (TPSA) is 0 Å². The van der Waals surface area contributed by atoms with Crippen LogP contribution in [0.25, 0.3) is 0 Å². The second-order valence-electron chi connectivity index (χ2n) is 5.89. The third-order valence-corrected chi connectivity index (χ3v) is 8.12. The van der Waals surface area contributed by atoms with Crippen molar-refractivity contribution in [2.75, 3.05) is 0 Å². The third kappa shape index (κ3) is 3.09. The second-order valence-corrected chi connectivity index (χ2v) is 9.07. The summed E-state index contributed by atoms with van der Waals surface area (Å²) in [5.74, 6) is 0. The largest absolute Gasteiger partial charge is 0.142 e. The van der Waals surface area contributed by atoms with Crippen LogP contribution in [0.5, 0.6) is 0 Å². The molecule has 0 amide bonds. The number of rotatable bonds is 0. The number of hydrogen-bond acceptors (Lipinski definition) is 1. The van der Waals surface area contributed by atoms with Gasteiger partial charge in [-0.2, -0.15) is 0 Å². The molecule has 0 saturated heterocycles. The minimum atomic E-state index is 0.268. The van der Waals surface area contributed by atoms with E-state index in [9.17, 15) is 0 Å². The number of hydrogen-bond donors (Lipinski definition) is 0. The average molecular weight is 448 g/mol. The van der Waals surface area contributed by atoms with Crippen molar-refractivity contribution in [1.82, 2.24) is 0 Å². The van der Waals surface area contributed by atoms with Crippen LogP contribution in [-0.2, 0) is 10.8 Å². The highest BCUT2D eigenvalue weighted by Gasteiger charge is 2.28. The van der Waals surface area contributed by atoms with Crippen molar-refractivity contribution in [2.24, 2.45) is 0 Å². The lowest BCUT2D eigenvalue weighted by Crippen LogP contribution is -2.10. The Morgan fingerprint density at radius 1 is 0.733 bits per heavy atom. The standard InChI is InChI=1S/C12H18I2S/c1-11(2,3)9-7(13)8(14)10(15-9)12(4,5)6/h1-6H3. The maximum Gasteiger partial charge on any atom is 0.0411 e. The Morgan fingerprint density at radius 2 is 1.00 bits per heavy atom. The lowest BCUT2D eigenvalue weighted by Gasteiger charge is -2.18. The lowest BCUT2D eigenvalue weighted by molar-refractivity contribution is 0.600. The Balaban J connectivity index is 3.38.